The largest absolute Gasteiger partial charge is 0.460 e. The average molecular weight is 218 g/mol. The molecular weight excluding hydrogens is 204 g/mol. The van der Waals surface area contributed by atoms with E-state index in [9.17, 15) is 4.79 Å². The van der Waals surface area contributed by atoms with Gasteiger partial charge in [-0.15, -0.1) is 0 Å². The minimum atomic E-state index is -0.408. The second-order valence-corrected chi connectivity index (χ2v) is 3.76. The van der Waals surface area contributed by atoms with Gasteiger partial charge < -0.3 is 9.72 Å². The van der Waals surface area contributed by atoms with Gasteiger partial charge in [0, 0.05) is 0 Å². The number of rotatable bonds is 2. The van der Waals surface area contributed by atoms with Gasteiger partial charge in [0.05, 0.1) is 17.6 Å². The summed E-state index contributed by atoms with van der Waals surface area (Å²) in [6.45, 7) is 6.18. The van der Waals surface area contributed by atoms with Gasteiger partial charge in [0.25, 0.3) is 0 Å². The molecule has 1 heterocycles. The smallest absolute Gasteiger partial charge is 0.374 e. The summed E-state index contributed by atoms with van der Waals surface area (Å²) in [5, 5.41) is 0. The highest BCUT2D eigenvalue weighted by Crippen LogP contribution is 2.17. The van der Waals surface area contributed by atoms with Gasteiger partial charge in [-0.05, 0) is 44.0 Å². The number of ether oxygens (including phenoxy) is 1. The highest BCUT2D eigenvalue weighted by molar-refractivity contribution is 5.90. The second-order valence-electron chi connectivity index (χ2n) is 3.76. The van der Waals surface area contributed by atoms with Crippen LogP contribution in [0, 0.1) is 13.8 Å². The fourth-order valence-corrected chi connectivity index (χ4v) is 1.57. The van der Waals surface area contributed by atoms with E-state index in [1.807, 2.05) is 26.0 Å². The van der Waals surface area contributed by atoms with E-state index in [1.165, 1.54) is 5.56 Å². The number of H-pyrrole nitrogens is 1. The maximum atomic E-state index is 11.5. The van der Waals surface area contributed by atoms with Crippen molar-refractivity contribution >= 4 is 17.0 Å². The molecule has 84 valence electrons. The van der Waals surface area contributed by atoms with Crippen molar-refractivity contribution in [2.75, 3.05) is 6.61 Å². The molecule has 0 spiro atoms. The first kappa shape index (κ1) is 10.7. The van der Waals surface area contributed by atoms with Crippen molar-refractivity contribution in [3.63, 3.8) is 0 Å². The molecule has 4 nitrogen and oxygen atoms in total. The number of benzene rings is 1. The van der Waals surface area contributed by atoms with Crippen molar-refractivity contribution in [3.8, 4) is 0 Å². The third-order valence-electron chi connectivity index (χ3n) is 2.57. The first-order valence-corrected chi connectivity index (χ1v) is 5.26. The molecule has 2 aromatic rings. The fraction of sp³-hybridized carbons (Fsp3) is 0.333. The van der Waals surface area contributed by atoms with Crippen LogP contribution in [0.1, 0.15) is 28.7 Å². The number of fused-ring (bicyclic) bond motifs is 1. The van der Waals surface area contributed by atoms with Crippen LogP contribution in [0.5, 0.6) is 0 Å². The number of aromatic amines is 1. The SMILES string of the molecule is CCOC(=O)c1nc2cc(C)c(C)cc2[nH]1. The van der Waals surface area contributed by atoms with E-state index >= 15 is 0 Å². The van der Waals surface area contributed by atoms with Crippen molar-refractivity contribution in [2.45, 2.75) is 20.8 Å². The summed E-state index contributed by atoms with van der Waals surface area (Å²) in [6.07, 6.45) is 0. The van der Waals surface area contributed by atoms with Crippen molar-refractivity contribution in [1.29, 1.82) is 0 Å². The Balaban J connectivity index is 2.48. The van der Waals surface area contributed by atoms with Crippen LogP contribution in [0.3, 0.4) is 0 Å². The summed E-state index contributed by atoms with van der Waals surface area (Å²) in [5.74, 6) is -0.143. The number of hydrogen-bond donors (Lipinski definition) is 1. The van der Waals surface area contributed by atoms with Gasteiger partial charge in [-0.25, -0.2) is 9.78 Å². The van der Waals surface area contributed by atoms with Gasteiger partial charge in [0.15, 0.2) is 0 Å². The van der Waals surface area contributed by atoms with Crippen molar-refractivity contribution in [1.82, 2.24) is 9.97 Å². The number of carbonyl (C=O) groups is 1. The molecule has 0 radical (unpaired) electrons. The maximum absolute atomic E-state index is 11.5. The summed E-state index contributed by atoms with van der Waals surface area (Å²) in [5.41, 5.74) is 4.00. The Labute approximate surface area is 93.6 Å². The molecule has 0 unspecified atom stereocenters. The van der Waals surface area contributed by atoms with Crippen LogP contribution < -0.4 is 0 Å². The molecule has 1 aromatic heterocycles. The standard InChI is InChI=1S/C12H14N2O2/c1-4-16-12(15)11-13-9-5-7(2)8(3)6-10(9)14-11/h5-6H,4H2,1-3H3,(H,13,14). The number of imidazole rings is 1. The first-order valence-electron chi connectivity index (χ1n) is 5.26. The fourth-order valence-electron chi connectivity index (χ4n) is 1.57. The van der Waals surface area contributed by atoms with E-state index in [4.69, 9.17) is 4.74 Å². The minimum Gasteiger partial charge on any atom is -0.460 e. The molecule has 1 aromatic carbocycles. The summed E-state index contributed by atoms with van der Waals surface area (Å²) < 4.78 is 4.89. The molecule has 16 heavy (non-hydrogen) atoms. The molecule has 1 N–H and O–H groups in total. The molecule has 0 aliphatic rings. The summed E-state index contributed by atoms with van der Waals surface area (Å²) in [6, 6.07) is 3.95. The number of hydrogen-bond acceptors (Lipinski definition) is 3. The number of esters is 1. The molecule has 0 amide bonds. The lowest BCUT2D eigenvalue weighted by atomic mass is 10.1. The van der Waals surface area contributed by atoms with Crippen LogP contribution in [-0.2, 0) is 4.74 Å². The van der Waals surface area contributed by atoms with E-state index in [0.717, 1.165) is 16.6 Å². The Hall–Kier alpha value is -1.84. The summed E-state index contributed by atoms with van der Waals surface area (Å²) in [7, 11) is 0. The highest BCUT2D eigenvalue weighted by atomic mass is 16.5. The Morgan fingerprint density at radius 3 is 2.75 bits per heavy atom. The van der Waals surface area contributed by atoms with E-state index < -0.39 is 5.97 Å². The quantitative estimate of drug-likeness (QED) is 0.787. The lowest BCUT2D eigenvalue weighted by Crippen LogP contribution is -2.06. The molecule has 0 aliphatic carbocycles. The number of nitrogens with zero attached hydrogens (tertiary/aromatic N) is 1. The van der Waals surface area contributed by atoms with E-state index in [-0.39, 0.29) is 5.82 Å². The van der Waals surface area contributed by atoms with Crippen LogP contribution >= 0.6 is 0 Å². The Kier molecular flexibility index (Phi) is 2.64. The lowest BCUT2D eigenvalue weighted by Gasteiger charge is -1.97. The summed E-state index contributed by atoms with van der Waals surface area (Å²) in [4.78, 5) is 18.6. The van der Waals surface area contributed by atoms with E-state index in [2.05, 4.69) is 9.97 Å². The van der Waals surface area contributed by atoms with Crippen LogP contribution in [-0.4, -0.2) is 22.5 Å². The van der Waals surface area contributed by atoms with Gasteiger partial charge in [0.2, 0.25) is 5.82 Å². The topological polar surface area (TPSA) is 55.0 Å². The number of nitrogens with one attached hydrogen (secondary N) is 1. The molecule has 0 fully saturated rings. The Bertz CT molecular complexity index is 504. The number of carbonyl (C=O) groups excluding carboxylic acids is 1. The van der Waals surface area contributed by atoms with Crippen molar-refractivity contribution < 1.29 is 9.53 Å². The van der Waals surface area contributed by atoms with Crippen molar-refractivity contribution in [2.24, 2.45) is 0 Å². The zero-order chi connectivity index (χ0) is 11.7. The molecule has 2 rings (SSSR count). The normalized spacial score (nSPS) is 10.7. The number of aryl methyl sites for hydroxylation is 2. The predicted octanol–water partition coefficient (Wildman–Crippen LogP) is 2.36. The molecule has 4 heteroatoms. The van der Waals surface area contributed by atoms with Crippen LogP contribution in [0.15, 0.2) is 12.1 Å². The van der Waals surface area contributed by atoms with E-state index in [1.54, 1.807) is 6.92 Å². The molecule has 0 atom stereocenters. The Morgan fingerprint density at radius 2 is 2.06 bits per heavy atom. The average Bonchev–Trinajstić information content (AvgIpc) is 2.62. The zero-order valence-corrected chi connectivity index (χ0v) is 9.63. The zero-order valence-electron chi connectivity index (χ0n) is 9.63. The molecule has 0 saturated heterocycles. The molecule has 0 aliphatic heterocycles. The maximum Gasteiger partial charge on any atom is 0.374 e. The van der Waals surface area contributed by atoms with Crippen LogP contribution in [0.25, 0.3) is 11.0 Å². The van der Waals surface area contributed by atoms with Crippen LogP contribution in [0.2, 0.25) is 0 Å². The Morgan fingerprint density at radius 1 is 1.38 bits per heavy atom. The summed E-state index contributed by atoms with van der Waals surface area (Å²) >= 11 is 0. The minimum absolute atomic E-state index is 0.266. The van der Waals surface area contributed by atoms with Gasteiger partial charge in [-0.3, -0.25) is 0 Å². The number of aromatic nitrogens is 2. The van der Waals surface area contributed by atoms with Crippen molar-refractivity contribution in [3.05, 3.63) is 29.1 Å². The molecule has 0 saturated carbocycles. The van der Waals surface area contributed by atoms with Gasteiger partial charge >= 0.3 is 5.97 Å². The molecular formula is C12H14N2O2. The second kappa shape index (κ2) is 3.96. The van der Waals surface area contributed by atoms with Gasteiger partial charge in [-0.2, -0.15) is 0 Å². The van der Waals surface area contributed by atoms with Gasteiger partial charge in [0.1, 0.15) is 0 Å². The van der Waals surface area contributed by atoms with Crippen LogP contribution in [0.4, 0.5) is 0 Å². The van der Waals surface area contributed by atoms with E-state index in [0.29, 0.717) is 6.61 Å². The molecule has 0 bridgehead atoms. The highest BCUT2D eigenvalue weighted by Gasteiger charge is 2.12. The third-order valence-corrected chi connectivity index (χ3v) is 2.57. The lowest BCUT2D eigenvalue weighted by molar-refractivity contribution is 0.0514. The first-order chi connectivity index (χ1) is 7.61. The van der Waals surface area contributed by atoms with Gasteiger partial charge in [-0.1, -0.05) is 0 Å². The predicted molar refractivity (Wildman–Crippen MR) is 61.5 cm³/mol. The monoisotopic (exact) mass is 218 g/mol. The third kappa shape index (κ3) is 1.78.